The molecule has 0 atom stereocenters. The van der Waals surface area contributed by atoms with E-state index in [4.69, 9.17) is 47.4 Å². The molecule has 0 unspecified atom stereocenters. The Morgan fingerprint density at radius 2 is 0.583 bits per heavy atom. The van der Waals surface area contributed by atoms with Gasteiger partial charge in [-0.15, -0.1) is 0 Å². The molecule has 0 aromatic heterocycles. The monoisotopic (exact) mass is 526 g/mol. The summed E-state index contributed by atoms with van der Waals surface area (Å²) in [5, 5.41) is 0. The van der Waals surface area contributed by atoms with Crippen molar-refractivity contribution in [3.63, 3.8) is 0 Å². The molecule has 0 N–H and O–H groups in total. The molecule has 10 heteroatoms. The van der Waals surface area contributed by atoms with E-state index in [1.165, 1.54) is 12.8 Å². The Hall–Kier alpha value is -0.400. The molecule has 36 heavy (non-hydrogen) atoms. The van der Waals surface area contributed by atoms with Crippen LogP contribution in [0.25, 0.3) is 0 Å². The predicted molar refractivity (Wildman–Crippen MR) is 138 cm³/mol. The summed E-state index contributed by atoms with van der Waals surface area (Å²) >= 11 is 0. The molecule has 0 aliphatic rings. The Labute approximate surface area is 219 Å². The lowest BCUT2D eigenvalue weighted by atomic mass is 10.3. The standard InChI is InChI=1S/C26H54O10/c1-4-5-6-7-27-8-9-28-10-11-29-12-13-30-14-15-31-16-17-32-18-19-33-20-21-34-22-23-35-24-25-36-26(2)3/h26H,4-25H2,1-3H3. The van der Waals surface area contributed by atoms with E-state index in [0.29, 0.717) is 119 Å². The first kappa shape index (κ1) is 35.6. The molecular weight excluding hydrogens is 472 g/mol. The molecule has 0 amide bonds. The minimum Gasteiger partial charge on any atom is -0.379 e. The summed E-state index contributed by atoms with van der Waals surface area (Å²) < 4.78 is 54.4. The van der Waals surface area contributed by atoms with Crippen LogP contribution < -0.4 is 0 Å². The molecule has 0 fully saturated rings. The van der Waals surface area contributed by atoms with E-state index >= 15 is 0 Å². The number of ether oxygens (including phenoxy) is 10. The zero-order chi connectivity index (χ0) is 26.2. The summed E-state index contributed by atoms with van der Waals surface area (Å²) in [7, 11) is 0. The highest BCUT2D eigenvalue weighted by Gasteiger charge is 1.96. The van der Waals surface area contributed by atoms with E-state index in [1.54, 1.807) is 0 Å². The zero-order valence-electron chi connectivity index (χ0n) is 23.2. The number of rotatable bonds is 32. The van der Waals surface area contributed by atoms with Crippen molar-refractivity contribution in [3.05, 3.63) is 0 Å². The van der Waals surface area contributed by atoms with Crippen LogP contribution in [0.1, 0.15) is 40.0 Å². The third kappa shape index (κ3) is 33.6. The molecule has 10 nitrogen and oxygen atoms in total. The molecule has 0 saturated heterocycles. The molecule has 0 heterocycles. The average molecular weight is 527 g/mol. The number of unbranched alkanes of at least 4 members (excludes halogenated alkanes) is 2. The molecular formula is C26H54O10. The van der Waals surface area contributed by atoms with Crippen LogP contribution in [-0.4, -0.2) is 132 Å². The fraction of sp³-hybridized carbons (Fsp3) is 1.00. The largest absolute Gasteiger partial charge is 0.379 e. The summed E-state index contributed by atoms with van der Waals surface area (Å²) in [6.07, 6.45) is 3.80. The zero-order valence-corrected chi connectivity index (χ0v) is 23.2. The van der Waals surface area contributed by atoms with Crippen molar-refractivity contribution in [1.29, 1.82) is 0 Å². The molecule has 0 aliphatic heterocycles. The molecule has 0 radical (unpaired) electrons. The lowest BCUT2D eigenvalue weighted by molar-refractivity contribution is -0.0279. The van der Waals surface area contributed by atoms with E-state index in [1.807, 2.05) is 13.8 Å². The second kappa shape index (κ2) is 32.6. The molecule has 218 valence electrons. The minimum atomic E-state index is 0.238. The molecule has 0 bridgehead atoms. The van der Waals surface area contributed by atoms with Crippen LogP contribution in [0.2, 0.25) is 0 Å². The van der Waals surface area contributed by atoms with Crippen molar-refractivity contribution in [2.75, 3.05) is 126 Å². The van der Waals surface area contributed by atoms with Gasteiger partial charge in [-0.2, -0.15) is 0 Å². The van der Waals surface area contributed by atoms with Crippen LogP contribution in [0.15, 0.2) is 0 Å². The molecule has 0 aromatic carbocycles. The van der Waals surface area contributed by atoms with E-state index in [2.05, 4.69) is 6.92 Å². The summed E-state index contributed by atoms with van der Waals surface area (Å²) in [5.41, 5.74) is 0. The highest BCUT2D eigenvalue weighted by atomic mass is 16.6. The van der Waals surface area contributed by atoms with Gasteiger partial charge in [0.1, 0.15) is 0 Å². The van der Waals surface area contributed by atoms with Crippen molar-refractivity contribution in [2.45, 2.75) is 46.1 Å². The highest BCUT2D eigenvalue weighted by molar-refractivity contribution is 4.40. The van der Waals surface area contributed by atoms with Crippen LogP contribution in [-0.2, 0) is 47.4 Å². The average Bonchev–Trinajstić information content (AvgIpc) is 2.87. The van der Waals surface area contributed by atoms with Crippen molar-refractivity contribution in [1.82, 2.24) is 0 Å². The normalized spacial score (nSPS) is 11.7. The van der Waals surface area contributed by atoms with Gasteiger partial charge in [0.2, 0.25) is 0 Å². The van der Waals surface area contributed by atoms with Gasteiger partial charge in [0.15, 0.2) is 0 Å². The van der Waals surface area contributed by atoms with Crippen LogP contribution >= 0.6 is 0 Å². The molecule has 0 saturated carbocycles. The Morgan fingerprint density at radius 1 is 0.333 bits per heavy atom. The second-order valence-corrected chi connectivity index (χ2v) is 8.14. The van der Waals surface area contributed by atoms with Crippen molar-refractivity contribution < 1.29 is 47.4 Å². The van der Waals surface area contributed by atoms with Gasteiger partial charge in [-0.25, -0.2) is 0 Å². The Balaban J connectivity index is 3.01. The van der Waals surface area contributed by atoms with Crippen LogP contribution in [0, 0.1) is 0 Å². The maximum absolute atomic E-state index is 5.47. The van der Waals surface area contributed by atoms with E-state index < -0.39 is 0 Å². The first-order chi connectivity index (χ1) is 17.8. The quantitative estimate of drug-likeness (QED) is 0.122. The van der Waals surface area contributed by atoms with Crippen molar-refractivity contribution in [3.8, 4) is 0 Å². The smallest absolute Gasteiger partial charge is 0.0703 e. The summed E-state index contributed by atoms with van der Waals surface area (Å²) in [6, 6.07) is 0. The summed E-state index contributed by atoms with van der Waals surface area (Å²) in [6.45, 7) is 17.1. The van der Waals surface area contributed by atoms with Gasteiger partial charge in [0.25, 0.3) is 0 Å². The van der Waals surface area contributed by atoms with Gasteiger partial charge in [-0.1, -0.05) is 19.8 Å². The maximum atomic E-state index is 5.47. The van der Waals surface area contributed by atoms with Gasteiger partial charge in [-0.05, 0) is 20.3 Å². The topological polar surface area (TPSA) is 92.3 Å². The summed E-state index contributed by atoms with van der Waals surface area (Å²) in [5.74, 6) is 0. The first-order valence-electron chi connectivity index (χ1n) is 13.6. The van der Waals surface area contributed by atoms with Gasteiger partial charge in [-0.3, -0.25) is 0 Å². The fourth-order valence-electron chi connectivity index (χ4n) is 2.66. The van der Waals surface area contributed by atoms with Crippen molar-refractivity contribution in [2.24, 2.45) is 0 Å². The second-order valence-electron chi connectivity index (χ2n) is 8.14. The minimum absolute atomic E-state index is 0.238. The third-order valence-electron chi connectivity index (χ3n) is 4.55. The Bertz CT molecular complexity index is 388. The van der Waals surface area contributed by atoms with Gasteiger partial charge >= 0.3 is 0 Å². The van der Waals surface area contributed by atoms with Crippen LogP contribution in [0.3, 0.4) is 0 Å². The van der Waals surface area contributed by atoms with E-state index in [0.717, 1.165) is 13.0 Å². The molecule has 0 aliphatic carbocycles. The Kier molecular flexibility index (Phi) is 32.3. The van der Waals surface area contributed by atoms with Gasteiger partial charge < -0.3 is 47.4 Å². The lowest BCUT2D eigenvalue weighted by Gasteiger charge is -2.09. The molecule has 0 spiro atoms. The number of hydrogen-bond acceptors (Lipinski definition) is 10. The van der Waals surface area contributed by atoms with E-state index in [-0.39, 0.29) is 6.10 Å². The summed E-state index contributed by atoms with van der Waals surface area (Å²) in [4.78, 5) is 0. The lowest BCUT2D eigenvalue weighted by Crippen LogP contribution is -2.15. The SMILES string of the molecule is CCCCCOCCOCCOCCOCCOCCOCCOCCOCCOCCOC(C)C. The van der Waals surface area contributed by atoms with Crippen molar-refractivity contribution >= 4 is 0 Å². The highest BCUT2D eigenvalue weighted by Crippen LogP contribution is 1.94. The third-order valence-corrected chi connectivity index (χ3v) is 4.55. The maximum Gasteiger partial charge on any atom is 0.0703 e. The van der Waals surface area contributed by atoms with Crippen LogP contribution in [0.5, 0.6) is 0 Å². The fourth-order valence-corrected chi connectivity index (χ4v) is 2.66. The molecule has 0 aromatic rings. The Morgan fingerprint density at radius 3 is 0.833 bits per heavy atom. The first-order valence-corrected chi connectivity index (χ1v) is 13.6. The van der Waals surface area contributed by atoms with Crippen LogP contribution in [0.4, 0.5) is 0 Å². The number of hydrogen-bond donors (Lipinski definition) is 0. The van der Waals surface area contributed by atoms with Gasteiger partial charge in [0, 0.05) is 6.61 Å². The predicted octanol–water partition coefficient (Wildman–Crippen LogP) is 2.75. The van der Waals surface area contributed by atoms with E-state index in [9.17, 15) is 0 Å². The molecule has 0 rings (SSSR count). The van der Waals surface area contributed by atoms with Gasteiger partial charge in [0.05, 0.1) is 125 Å².